The van der Waals surface area contributed by atoms with Crippen LogP contribution in [0.3, 0.4) is 0 Å². The minimum atomic E-state index is 0.0851. The molecule has 0 unspecified atom stereocenters. The largest absolute Gasteiger partial charge is 0.364 e. The Labute approximate surface area is 65.9 Å². The molecule has 1 atom stereocenters. The smallest absolute Gasteiger partial charge is 0.111 e. The van der Waals surface area contributed by atoms with Gasteiger partial charge >= 0.3 is 0 Å². The number of hydrogen-bond donors (Lipinski definition) is 1. The summed E-state index contributed by atoms with van der Waals surface area (Å²) in [4.78, 5) is 0.0851. The SMILES string of the molecule is C[C@@]1(CCS)OCCS1. The second kappa shape index (κ2) is 3.17. The highest BCUT2D eigenvalue weighted by atomic mass is 32.2. The molecule has 0 bridgehead atoms. The van der Waals surface area contributed by atoms with Gasteiger partial charge in [0.2, 0.25) is 0 Å². The van der Waals surface area contributed by atoms with Crippen LogP contribution < -0.4 is 0 Å². The average molecular weight is 164 g/mol. The fourth-order valence-electron chi connectivity index (χ4n) is 0.904. The second-order valence-corrected chi connectivity index (χ2v) is 4.31. The third kappa shape index (κ3) is 2.06. The summed E-state index contributed by atoms with van der Waals surface area (Å²) in [6, 6.07) is 0. The Kier molecular flexibility index (Phi) is 2.73. The Bertz CT molecular complexity index is 89.1. The quantitative estimate of drug-likeness (QED) is 0.623. The standard InChI is InChI=1S/C6H12OS2/c1-6(2-4-8)7-3-5-9-6/h8H,2-5H2,1H3/t6-/m1/s1. The van der Waals surface area contributed by atoms with Crippen LogP contribution in [-0.2, 0) is 4.74 Å². The van der Waals surface area contributed by atoms with Gasteiger partial charge < -0.3 is 4.74 Å². The molecular formula is C6H12OS2. The van der Waals surface area contributed by atoms with E-state index in [0.717, 1.165) is 24.5 Å². The first-order valence-electron chi connectivity index (χ1n) is 3.16. The van der Waals surface area contributed by atoms with E-state index >= 15 is 0 Å². The highest BCUT2D eigenvalue weighted by Crippen LogP contribution is 2.35. The van der Waals surface area contributed by atoms with Gasteiger partial charge in [-0.15, -0.1) is 11.8 Å². The molecule has 0 amide bonds. The lowest BCUT2D eigenvalue weighted by atomic mass is 10.3. The van der Waals surface area contributed by atoms with E-state index in [2.05, 4.69) is 19.6 Å². The maximum absolute atomic E-state index is 5.49. The van der Waals surface area contributed by atoms with E-state index in [1.807, 2.05) is 11.8 Å². The molecule has 1 heterocycles. The minimum absolute atomic E-state index is 0.0851. The van der Waals surface area contributed by atoms with Gasteiger partial charge in [-0.05, 0) is 19.1 Å². The Balaban J connectivity index is 2.32. The van der Waals surface area contributed by atoms with Crippen LogP contribution in [0, 0.1) is 0 Å². The van der Waals surface area contributed by atoms with Gasteiger partial charge in [0.05, 0.1) is 6.61 Å². The van der Waals surface area contributed by atoms with Crippen molar-refractivity contribution < 1.29 is 4.74 Å². The van der Waals surface area contributed by atoms with E-state index in [1.54, 1.807) is 0 Å². The Morgan fingerprint density at radius 1 is 1.78 bits per heavy atom. The Hall–Kier alpha value is 0.660. The van der Waals surface area contributed by atoms with Gasteiger partial charge in [-0.2, -0.15) is 12.6 Å². The van der Waals surface area contributed by atoms with E-state index < -0.39 is 0 Å². The number of ether oxygens (including phenoxy) is 1. The van der Waals surface area contributed by atoms with E-state index in [0.29, 0.717) is 0 Å². The molecule has 0 N–H and O–H groups in total. The van der Waals surface area contributed by atoms with Gasteiger partial charge in [-0.25, -0.2) is 0 Å². The topological polar surface area (TPSA) is 9.23 Å². The molecule has 1 saturated heterocycles. The molecule has 0 aromatic heterocycles. The summed E-state index contributed by atoms with van der Waals surface area (Å²) in [5, 5.41) is 0. The van der Waals surface area contributed by atoms with Gasteiger partial charge in [0.15, 0.2) is 0 Å². The van der Waals surface area contributed by atoms with Crippen molar-refractivity contribution in [2.24, 2.45) is 0 Å². The van der Waals surface area contributed by atoms with Crippen LogP contribution in [0.1, 0.15) is 13.3 Å². The zero-order valence-corrected chi connectivity index (χ0v) is 7.30. The lowest BCUT2D eigenvalue weighted by Gasteiger charge is -2.20. The van der Waals surface area contributed by atoms with Crippen LogP contribution in [0.5, 0.6) is 0 Å². The summed E-state index contributed by atoms with van der Waals surface area (Å²) in [6.45, 7) is 3.05. The van der Waals surface area contributed by atoms with Crippen molar-refractivity contribution in [1.82, 2.24) is 0 Å². The predicted molar refractivity (Wildman–Crippen MR) is 45.3 cm³/mol. The first-order valence-corrected chi connectivity index (χ1v) is 4.77. The Morgan fingerprint density at radius 3 is 3.00 bits per heavy atom. The normalized spacial score (nSPS) is 35.3. The van der Waals surface area contributed by atoms with Gasteiger partial charge in [-0.1, -0.05) is 0 Å². The molecule has 9 heavy (non-hydrogen) atoms. The molecule has 1 aliphatic rings. The molecule has 0 spiro atoms. The molecular weight excluding hydrogens is 152 g/mol. The lowest BCUT2D eigenvalue weighted by molar-refractivity contribution is 0.0643. The highest BCUT2D eigenvalue weighted by Gasteiger charge is 2.29. The molecule has 1 aliphatic heterocycles. The van der Waals surface area contributed by atoms with E-state index in [9.17, 15) is 0 Å². The molecule has 3 heteroatoms. The van der Waals surface area contributed by atoms with Gasteiger partial charge in [-0.3, -0.25) is 0 Å². The minimum Gasteiger partial charge on any atom is -0.364 e. The number of thiol groups is 1. The summed E-state index contributed by atoms with van der Waals surface area (Å²) in [5.74, 6) is 2.06. The third-order valence-corrected chi connectivity index (χ3v) is 2.99. The summed E-state index contributed by atoms with van der Waals surface area (Å²) in [7, 11) is 0. The maximum atomic E-state index is 5.49. The van der Waals surface area contributed by atoms with Crippen LogP contribution >= 0.6 is 24.4 Å². The molecule has 1 rings (SSSR count). The molecule has 0 saturated carbocycles. The molecule has 0 aromatic rings. The van der Waals surface area contributed by atoms with Crippen molar-refractivity contribution in [3.63, 3.8) is 0 Å². The fraction of sp³-hybridized carbons (Fsp3) is 1.00. The Morgan fingerprint density at radius 2 is 2.56 bits per heavy atom. The third-order valence-electron chi connectivity index (χ3n) is 1.46. The maximum Gasteiger partial charge on any atom is 0.111 e. The molecule has 1 fully saturated rings. The molecule has 0 aromatic carbocycles. The summed E-state index contributed by atoms with van der Waals surface area (Å²) >= 11 is 6.05. The zero-order chi connectivity index (χ0) is 6.74. The van der Waals surface area contributed by atoms with Crippen LogP contribution in [0.15, 0.2) is 0 Å². The molecule has 1 nitrogen and oxygen atoms in total. The number of rotatable bonds is 2. The van der Waals surface area contributed by atoms with Crippen molar-refractivity contribution >= 4 is 24.4 Å². The van der Waals surface area contributed by atoms with Crippen LogP contribution in [0.2, 0.25) is 0 Å². The molecule has 0 radical (unpaired) electrons. The van der Waals surface area contributed by atoms with Crippen molar-refractivity contribution in [1.29, 1.82) is 0 Å². The highest BCUT2D eigenvalue weighted by molar-refractivity contribution is 8.00. The average Bonchev–Trinajstić information content (AvgIpc) is 2.16. The summed E-state index contributed by atoms with van der Waals surface area (Å²) in [6.07, 6.45) is 1.06. The van der Waals surface area contributed by atoms with Crippen LogP contribution in [0.4, 0.5) is 0 Å². The van der Waals surface area contributed by atoms with Gasteiger partial charge in [0, 0.05) is 5.75 Å². The van der Waals surface area contributed by atoms with Crippen molar-refractivity contribution in [2.75, 3.05) is 18.1 Å². The number of thioether (sulfide) groups is 1. The fourth-order valence-corrected chi connectivity index (χ4v) is 2.49. The summed E-state index contributed by atoms with van der Waals surface area (Å²) < 4.78 is 5.49. The number of hydrogen-bond acceptors (Lipinski definition) is 3. The van der Waals surface area contributed by atoms with Gasteiger partial charge in [0.1, 0.15) is 4.93 Å². The molecule has 54 valence electrons. The van der Waals surface area contributed by atoms with E-state index in [4.69, 9.17) is 4.74 Å². The van der Waals surface area contributed by atoms with Gasteiger partial charge in [0.25, 0.3) is 0 Å². The lowest BCUT2D eigenvalue weighted by Crippen LogP contribution is -2.19. The van der Waals surface area contributed by atoms with E-state index in [-0.39, 0.29) is 4.93 Å². The molecule has 0 aliphatic carbocycles. The monoisotopic (exact) mass is 164 g/mol. The predicted octanol–water partition coefficient (Wildman–Crippen LogP) is 1.79. The zero-order valence-electron chi connectivity index (χ0n) is 5.59. The van der Waals surface area contributed by atoms with Crippen molar-refractivity contribution in [2.45, 2.75) is 18.3 Å². The second-order valence-electron chi connectivity index (χ2n) is 2.30. The van der Waals surface area contributed by atoms with Crippen molar-refractivity contribution in [3.05, 3.63) is 0 Å². The summed E-state index contributed by atoms with van der Waals surface area (Å²) in [5.41, 5.74) is 0. The first kappa shape index (κ1) is 7.76. The van der Waals surface area contributed by atoms with E-state index in [1.165, 1.54) is 0 Å². The van der Waals surface area contributed by atoms with Crippen LogP contribution in [0.25, 0.3) is 0 Å². The first-order chi connectivity index (χ1) is 4.27. The van der Waals surface area contributed by atoms with Crippen molar-refractivity contribution in [3.8, 4) is 0 Å². The van der Waals surface area contributed by atoms with Crippen LogP contribution in [-0.4, -0.2) is 23.0 Å².